The molecular formula is C11H12ClF3N2O. The van der Waals surface area contributed by atoms with Gasteiger partial charge in [0.15, 0.2) is 0 Å². The molecule has 0 aromatic carbocycles. The maximum atomic E-state index is 12.3. The summed E-state index contributed by atoms with van der Waals surface area (Å²) in [7, 11) is 0. The molecule has 1 aliphatic heterocycles. The highest BCUT2D eigenvalue weighted by molar-refractivity contribution is 6.29. The van der Waals surface area contributed by atoms with Crippen LogP contribution in [0.15, 0.2) is 6.07 Å². The van der Waals surface area contributed by atoms with Crippen LogP contribution in [0.5, 0.6) is 0 Å². The topological polar surface area (TPSA) is 36.4 Å². The Bertz CT molecular complexity index is 433. The average Bonchev–Trinajstić information content (AvgIpc) is 2.26. The predicted molar refractivity (Wildman–Crippen MR) is 60.2 cm³/mol. The summed E-state index contributed by atoms with van der Waals surface area (Å²) in [4.78, 5) is 5.40. The number of hydrogen-bond acceptors (Lipinski definition) is 3. The molecular weight excluding hydrogens is 269 g/mol. The van der Waals surface area contributed by atoms with Gasteiger partial charge in [-0.25, -0.2) is 4.98 Å². The molecule has 0 unspecified atom stereocenters. The molecule has 0 amide bonds. The lowest BCUT2D eigenvalue weighted by Crippen LogP contribution is -2.38. The molecule has 3 nitrogen and oxygen atoms in total. The van der Waals surface area contributed by atoms with Crippen LogP contribution >= 0.6 is 11.6 Å². The summed E-state index contributed by atoms with van der Waals surface area (Å²) in [5, 5.41) is 9.48. The number of alkyl halides is 3. The smallest absolute Gasteiger partial charge is 0.392 e. The van der Waals surface area contributed by atoms with E-state index >= 15 is 0 Å². The van der Waals surface area contributed by atoms with E-state index in [0.29, 0.717) is 29.8 Å². The molecule has 7 heteroatoms. The normalized spacial score (nSPS) is 16.7. The summed E-state index contributed by atoms with van der Waals surface area (Å²) in [6, 6.07) is 1.50. The number of halogens is 4. The van der Waals surface area contributed by atoms with Crippen LogP contribution in [0.2, 0.25) is 5.15 Å². The Hall–Kier alpha value is -0.850. The Balaban J connectivity index is 2.23. The number of aliphatic hydroxyl groups is 1. The molecule has 0 aliphatic carbocycles. The number of nitrogens with zero attached hydrogens (tertiary/aromatic N) is 2. The second-order valence-corrected chi connectivity index (χ2v) is 4.65. The lowest BCUT2D eigenvalue weighted by atomic mass is 10.0. The van der Waals surface area contributed by atoms with Crippen molar-refractivity contribution >= 4 is 11.6 Å². The van der Waals surface area contributed by atoms with E-state index in [4.69, 9.17) is 11.6 Å². The minimum atomic E-state index is -4.21. The van der Waals surface area contributed by atoms with E-state index in [-0.39, 0.29) is 18.3 Å². The molecule has 0 saturated heterocycles. The van der Waals surface area contributed by atoms with Crippen molar-refractivity contribution in [3.8, 4) is 0 Å². The third-order valence-electron chi connectivity index (χ3n) is 2.89. The first-order valence-corrected chi connectivity index (χ1v) is 5.84. The predicted octanol–water partition coefficient (Wildman–Crippen LogP) is 2.15. The third kappa shape index (κ3) is 3.13. The highest BCUT2D eigenvalue weighted by Gasteiger charge is 2.32. The van der Waals surface area contributed by atoms with Crippen molar-refractivity contribution in [1.29, 1.82) is 0 Å². The molecule has 0 saturated carbocycles. The van der Waals surface area contributed by atoms with Gasteiger partial charge in [-0.15, -0.1) is 0 Å². The summed E-state index contributed by atoms with van der Waals surface area (Å²) in [6.45, 7) is -0.746. The zero-order valence-electron chi connectivity index (χ0n) is 9.47. The molecule has 1 aromatic rings. The molecule has 1 N–H and O–H groups in total. The van der Waals surface area contributed by atoms with Crippen LogP contribution in [0.4, 0.5) is 13.2 Å². The van der Waals surface area contributed by atoms with E-state index in [1.807, 2.05) is 0 Å². The fourth-order valence-corrected chi connectivity index (χ4v) is 2.37. The minimum Gasteiger partial charge on any atom is -0.392 e. The van der Waals surface area contributed by atoms with Crippen LogP contribution in [0.1, 0.15) is 16.8 Å². The molecule has 100 valence electrons. The minimum absolute atomic E-state index is 0.148. The van der Waals surface area contributed by atoms with Crippen LogP contribution in [-0.4, -0.2) is 34.3 Å². The molecule has 0 atom stereocenters. The fraction of sp³-hybridized carbons (Fsp3) is 0.545. The lowest BCUT2D eigenvalue weighted by molar-refractivity contribution is -0.147. The summed E-state index contributed by atoms with van der Waals surface area (Å²) in [5.41, 5.74) is 1.90. The largest absolute Gasteiger partial charge is 0.401 e. The van der Waals surface area contributed by atoms with Gasteiger partial charge in [-0.05, 0) is 17.2 Å². The Morgan fingerprint density at radius 1 is 1.44 bits per heavy atom. The maximum Gasteiger partial charge on any atom is 0.401 e. The zero-order chi connectivity index (χ0) is 13.3. The number of hydrogen-bond donors (Lipinski definition) is 1. The molecule has 0 spiro atoms. The monoisotopic (exact) mass is 280 g/mol. The summed E-state index contributed by atoms with van der Waals surface area (Å²) in [5.74, 6) is 0. The van der Waals surface area contributed by atoms with Crippen molar-refractivity contribution in [3.05, 3.63) is 28.0 Å². The zero-order valence-corrected chi connectivity index (χ0v) is 10.2. The van der Waals surface area contributed by atoms with E-state index in [0.717, 1.165) is 0 Å². The first-order valence-electron chi connectivity index (χ1n) is 5.46. The van der Waals surface area contributed by atoms with Gasteiger partial charge in [-0.3, -0.25) is 4.90 Å². The Morgan fingerprint density at radius 3 is 2.78 bits per heavy atom. The summed E-state index contributed by atoms with van der Waals surface area (Å²) < 4.78 is 37.0. The molecule has 0 bridgehead atoms. The van der Waals surface area contributed by atoms with Crippen LogP contribution < -0.4 is 0 Å². The van der Waals surface area contributed by atoms with Crippen molar-refractivity contribution < 1.29 is 18.3 Å². The Kier molecular flexibility index (Phi) is 3.79. The SMILES string of the molecule is OCc1cc(Cl)nc2c1CN(CC(F)(F)F)CC2. The quantitative estimate of drug-likeness (QED) is 0.844. The van der Waals surface area contributed by atoms with Crippen LogP contribution in [0, 0.1) is 0 Å². The Labute approximate surface area is 107 Å². The molecule has 1 aromatic heterocycles. The van der Waals surface area contributed by atoms with Crippen LogP contribution in [0.25, 0.3) is 0 Å². The molecule has 2 heterocycles. The molecule has 2 rings (SSSR count). The van der Waals surface area contributed by atoms with Gasteiger partial charge in [0.05, 0.1) is 13.2 Å². The highest BCUT2D eigenvalue weighted by atomic mass is 35.5. The van der Waals surface area contributed by atoms with Crippen molar-refractivity contribution in [1.82, 2.24) is 9.88 Å². The standard InChI is InChI=1S/C11H12ClF3N2O/c12-10-3-7(5-18)8-4-17(6-11(13,14)15)2-1-9(8)16-10/h3,18H,1-2,4-6H2. The van der Waals surface area contributed by atoms with Crippen molar-refractivity contribution in [2.24, 2.45) is 0 Å². The van der Waals surface area contributed by atoms with Crippen LogP contribution in [0.3, 0.4) is 0 Å². The lowest BCUT2D eigenvalue weighted by Gasteiger charge is -2.30. The van der Waals surface area contributed by atoms with E-state index in [9.17, 15) is 18.3 Å². The van der Waals surface area contributed by atoms with Gasteiger partial charge in [-0.1, -0.05) is 11.6 Å². The van der Waals surface area contributed by atoms with Gasteiger partial charge in [0, 0.05) is 25.2 Å². The summed E-state index contributed by atoms with van der Waals surface area (Å²) >= 11 is 5.79. The maximum absolute atomic E-state index is 12.3. The number of rotatable bonds is 2. The van der Waals surface area contributed by atoms with E-state index in [1.165, 1.54) is 11.0 Å². The second-order valence-electron chi connectivity index (χ2n) is 4.26. The first kappa shape index (κ1) is 13.6. The number of aliphatic hydroxyl groups excluding tert-OH is 1. The number of fused-ring (bicyclic) bond motifs is 1. The highest BCUT2D eigenvalue weighted by Crippen LogP contribution is 2.26. The van der Waals surface area contributed by atoms with Crippen LogP contribution in [-0.2, 0) is 19.6 Å². The first-order chi connectivity index (χ1) is 8.39. The molecule has 1 aliphatic rings. The Morgan fingerprint density at radius 2 is 2.17 bits per heavy atom. The second kappa shape index (κ2) is 5.03. The van der Waals surface area contributed by atoms with Crippen molar-refractivity contribution in [2.75, 3.05) is 13.1 Å². The van der Waals surface area contributed by atoms with E-state index in [2.05, 4.69) is 4.98 Å². The van der Waals surface area contributed by atoms with Gasteiger partial charge in [0.2, 0.25) is 0 Å². The van der Waals surface area contributed by atoms with Crippen molar-refractivity contribution in [3.63, 3.8) is 0 Å². The van der Waals surface area contributed by atoms with Crippen molar-refractivity contribution in [2.45, 2.75) is 25.7 Å². The molecule has 0 fully saturated rings. The van der Waals surface area contributed by atoms with E-state index < -0.39 is 12.7 Å². The molecule has 0 radical (unpaired) electrons. The van der Waals surface area contributed by atoms with Gasteiger partial charge >= 0.3 is 6.18 Å². The summed E-state index contributed by atoms with van der Waals surface area (Å²) in [6.07, 6.45) is -3.80. The van der Waals surface area contributed by atoms with E-state index in [1.54, 1.807) is 0 Å². The number of pyridine rings is 1. The number of aromatic nitrogens is 1. The van der Waals surface area contributed by atoms with Gasteiger partial charge in [0.1, 0.15) is 5.15 Å². The third-order valence-corrected chi connectivity index (χ3v) is 3.08. The average molecular weight is 281 g/mol. The van der Waals surface area contributed by atoms with Gasteiger partial charge < -0.3 is 5.11 Å². The molecule has 18 heavy (non-hydrogen) atoms. The van der Waals surface area contributed by atoms with Gasteiger partial charge in [0.25, 0.3) is 0 Å². The fourth-order valence-electron chi connectivity index (χ4n) is 2.14. The van der Waals surface area contributed by atoms with Gasteiger partial charge in [-0.2, -0.15) is 13.2 Å².